The smallest absolute Gasteiger partial charge is 0.266 e. The number of hydrogen-bond donors (Lipinski definition) is 5. The summed E-state index contributed by atoms with van der Waals surface area (Å²) >= 11 is 1.40. The Morgan fingerprint density at radius 1 is 1.34 bits per heavy atom. The number of nitrogens with zero attached hydrogens (tertiary/aromatic N) is 2. The van der Waals surface area contributed by atoms with Crippen LogP contribution in [0.5, 0.6) is 0 Å². The zero-order valence-electron chi connectivity index (χ0n) is 16.2. The summed E-state index contributed by atoms with van der Waals surface area (Å²) < 4.78 is 0. The molecule has 29 heavy (non-hydrogen) atoms. The molecule has 8 N–H and O–H groups in total. The van der Waals surface area contributed by atoms with Gasteiger partial charge >= 0.3 is 0 Å². The predicted molar refractivity (Wildman–Crippen MR) is 116 cm³/mol. The molecule has 10 heteroatoms. The van der Waals surface area contributed by atoms with Crippen molar-refractivity contribution < 1.29 is 9.59 Å². The van der Waals surface area contributed by atoms with E-state index in [2.05, 4.69) is 10.3 Å². The molecule has 2 aromatic rings. The first-order chi connectivity index (χ1) is 13.9. The Labute approximate surface area is 172 Å². The van der Waals surface area contributed by atoms with Gasteiger partial charge in [0.2, 0.25) is 5.91 Å². The van der Waals surface area contributed by atoms with Crippen LogP contribution in [-0.4, -0.2) is 29.1 Å². The molecule has 0 unspecified atom stereocenters. The third kappa shape index (κ3) is 4.64. The summed E-state index contributed by atoms with van der Waals surface area (Å²) in [5.74, 6) is -0.348. The first-order valence-corrected chi connectivity index (χ1v) is 9.85. The number of carbonyl (C=O) groups is 2. The van der Waals surface area contributed by atoms with Crippen molar-refractivity contribution in [3.05, 3.63) is 41.7 Å². The van der Waals surface area contributed by atoms with Crippen LogP contribution in [0.4, 0.5) is 17.2 Å². The van der Waals surface area contributed by atoms with E-state index < -0.39 is 5.91 Å². The fourth-order valence-electron chi connectivity index (χ4n) is 2.67. The standard InChI is InChI=1S/C17H17N7O2S.C2H6/c18-4-6-24-11-7-9(1-2-12(11)27-8-13(24)25)23-15(14(19)17(21)26)10-3-5-22-16(10)20;1-2/h1-3,5,7,22-23H,6,8,19-20H2,(H2,21,26);1-2H3/b15-14+;. The molecule has 1 aromatic heterocycles. The van der Waals surface area contributed by atoms with Gasteiger partial charge in [-0.2, -0.15) is 5.26 Å². The highest BCUT2D eigenvalue weighted by molar-refractivity contribution is 8.00. The van der Waals surface area contributed by atoms with E-state index in [1.807, 2.05) is 26.0 Å². The van der Waals surface area contributed by atoms with Crippen molar-refractivity contribution >= 4 is 46.5 Å². The highest BCUT2D eigenvalue weighted by Crippen LogP contribution is 2.38. The Morgan fingerprint density at radius 3 is 2.66 bits per heavy atom. The number of thioether (sulfide) groups is 1. The van der Waals surface area contributed by atoms with E-state index >= 15 is 0 Å². The lowest BCUT2D eigenvalue weighted by atomic mass is 10.1. The van der Waals surface area contributed by atoms with Crippen LogP contribution in [0.25, 0.3) is 5.70 Å². The Hall–Kier alpha value is -3.58. The summed E-state index contributed by atoms with van der Waals surface area (Å²) in [4.78, 5) is 28.8. The zero-order valence-corrected chi connectivity index (χ0v) is 17.0. The molecule has 0 bridgehead atoms. The number of H-pyrrole nitrogens is 1. The fourth-order valence-corrected chi connectivity index (χ4v) is 3.59. The SMILES string of the molecule is CC.N#CCN1C(=O)CSc2ccc(N/C(=C(/N)C(N)=O)c3cc[nH]c3N)cc21. The maximum Gasteiger partial charge on any atom is 0.266 e. The van der Waals surface area contributed by atoms with Gasteiger partial charge in [-0.1, -0.05) is 13.8 Å². The van der Waals surface area contributed by atoms with E-state index in [0.29, 0.717) is 22.8 Å². The number of benzene rings is 1. The van der Waals surface area contributed by atoms with E-state index in [1.165, 1.54) is 16.7 Å². The van der Waals surface area contributed by atoms with Crippen LogP contribution in [0.2, 0.25) is 0 Å². The van der Waals surface area contributed by atoms with E-state index in [9.17, 15) is 9.59 Å². The second-order valence-corrected chi connectivity index (χ2v) is 6.71. The molecule has 2 amide bonds. The van der Waals surface area contributed by atoms with Gasteiger partial charge in [-0.3, -0.25) is 14.5 Å². The zero-order chi connectivity index (χ0) is 21.6. The normalized spacial score (nSPS) is 13.4. The van der Waals surface area contributed by atoms with Crippen LogP contribution < -0.4 is 27.4 Å². The van der Waals surface area contributed by atoms with Crippen LogP contribution in [-0.2, 0) is 9.59 Å². The first kappa shape index (κ1) is 21.7. The Balaban J connectivity index is 0.00000145. The number of aromatic nitrogens is 1. The number of rotatable bonds is 5. The molecular weight excluding hydrogens is 390 g/mol. The molecule has 3 rings (SSSR count). The van der Waals surface area contributed by atoms with Crippen molar-refractivity contribution in [2.45, 2.75) is 18.7 Å². The summed E-state index contributed by atoms with van der Waals surface area (Å²) in [5, 5.41) is 12.1. The second kappa shape index (κ2) is 9.57. The molecule has 1 aliphatic heterocycles. The maximum atomic E-state index is 12.1. The molecule has 0 aliphatic carbocycles. The van der Waals surface area contributed by atoms with Gasteiger partial charge in [0, 0.05) is 22.3 Å². The lowest BCUT2D eigenvalue weighted by Gasteiger charge is -2.27. The van der Waals surface area contributed by atoms with Crippen LogP contribution >= 0.6 is 11.8 Å². The van der Waals surface area contributed by atoms with Gasteiger partial charge in [-0.15, -0.1) is 11.8 Å². The minimum atomic E-state index is -0.798. The highest BCUT2D eigenvalue weighted by atomic mass is 32.2. The van der Waals surface area contributed by atoms with E-state index in [-0.39, 0.29) is 29.6 Å². The molecule has 0 saturated carbocycles. The maximum absolute atomic E-state index is 12.1. The van der Waals surface area contributed by atoms with E-state index in [0.717, 1.165) is 4.90 Å². The fraction of sp³-hybridized carbons (Fsp3) is 0.211. The van der Waals surface area contributed by atoms with Crippen molar-refractivity contribution in [3.63, 3.8) is 0 Å². The molecule has 0 atom stereocenters. The Kier molecular flexibility index (Phi) is 7.16. The topological polar surface area (TPSA) is 167 Å². The lowest BCUT2D eigenvalue weighted by molar-refractivity contribution is -0.116. The molecule has 0 saturated heterocycles. The van der Waals surface area contributed by atoms with Gasteiger partial charge in [0.15, 0.2) is 0 Å². The molecule has 9 nitrogen and oxygen atoms in total. The number of nitriles is 1. The Morgan fingerprint density at radius 2 is 2.07 bits per heavy atom. The number of anilines is 3. The Bertz CT molecular complexity index is 991. The minimum Gasteiger partial charge on any atom is -0.393 e. The van der Waals surface area contributed by atoms with Gasteiger partial charge in [-0.25, -0.2) is 0 Å². The minimum absolute atomic E-state index is 0.0489. The summed E-state index contributed by atoms with van der Waals surface area (Å²) in [6, 6.07) is 8.98. The first-order valence-electron chi connectivity index (χ1n) is 8.86. The average Bonchev–Trinajstić information content (AvgIpc) is 3.15. The highest BCUT2D eigenvalue weighted by Gasteiger charge is 2.25. The predicted octanol–water partition coefficient (Wildman–Crippen LogP) is 1.81. The number of nitrogens with one attached hydrogen (secondary N) is 2. The van der Waals surface area contributed by atoms with Gasteiger partial charge in [0.05, 0.1) is 23.2 Å². The van der Waals surface area contributed by atoms with Crippen LogP contribution in [0.1, 0.15) is 19.4 Å². The van der Waals surface area contributed by atoms with Crippen molar-refractivity contribution in [1.29, 1.82) is 5.26 Å². The number of fused-ring (bicyclic) bond motifs is 1. The summed E-state index contributed by atoms with van der Waals surface area (Å²) in [6.07, 6.45) is 1.61. The quantitative estimate of drug-likeness (QED) is 0.368. The molecule has 0 spiro atoms. The average molecular weight is 414 g/mol. The summed E-state index contributed by atoms with van der Waals surface area (Å²) in [6.45, 7) is 3.95. The monoisotopic (exact) mass is 413 g/mol. The molecule has 2 heterocycles. The second-order valence-electron chi connectivity index (χ2n) is 5.69. The summed E-state index contributed by atoms with van der Waals surface area (Å²) in [5.41, 5.74) is 18.8. The summed E-state index contributed by atoms with van der Waals surface area (Å²) in [7, 11) is 0. The molecular formula is C19H23N7O2S. The molecule has 1 aromatic carbocycles. The largest absolute Gasteiger partial charge is 0.393 e. The van der Waals surface area contributed by atoms with Gasteiger partial charge < -0.3 is 27.5 Å². The van der Waals surface area contributed by atoms with Crippen LogP contribution in [0.15, 0.2) is 41.1 Å². The van der Waals surface area contributed by atoms with Crippen molar-refractivity contribution in [2.24, 2.45) is 11.5 Å². The lowest BCUT2D eigenvalue weighted by Crippen LogP contribution is -2.35. The van der Waals surface area contributed by atoms with Gasteiger partial charge in [0.25, 0.3) is 5.91 Å². The number of nitrogen functional groups attached to an aromatic ring is 1. The van der Waals surface area contributed by atoms with Crippen LogP contribution in [0.3, 0.4) is 0 Å². The molecule has 0 radical (unpaired) electrons. The third-order valence-electron chi connectivity index (χ3n) is 3.98. The third-order valence-corrected chi connectivity index (χ3v) is 5.03. The number of hydrogen-bond acceptors (Lipinski definition) is 7. The number of primary amides is 1. The van der Waals surface area contributed by atoms with Gasteiger partial charge in [0.1, 0.15) is 18.1 Å². The van der Waals surface area contributed by atoms with Crippen molar-refractivity contribution in [1.82, 2.24) is 4.98 Å². The van der Waals surface area contributed by atoms with E-state index in [4.69, 9.17) is 22.5 Å². The van der Waals surface area contributed by atoms with E-state index in [1.54, 1.807) is 24.4 Å². The van der Waals surface area contributed by atoms with Crippen LogP contribution in [0, 0.1) is 11.3 Å². The van der Waals surface area contributed by atoms with Crippen molar-refractivity contribution in [3.8, 4) is 6.07 Å². The number of carbonyl (C=O) groups excluding carboxylic acids is 2. The van der Waals surface area contributed by atoms with Gasteiger partial charge in [-0.05, 0) is 24.3 Å². The number of nitrogens with two attached hydrogens (primary N) is 3. The molecule has 152 valence electrons. The number of amides is 2. The number of aromatic amines is 1. The molecule has 1 aliphatic rings. The van der Waals surface area contributed by atoms with Crippen molar-refractivity contribution in [2.75, 3.05) is 28.2 Å². The molecule has 0 fully saturated rings.